The maximum atomic E-state index is 5.48. The van der Waals surface area contributed by atoms with E-state index in [0.717, 1.165) is 13.0 Å². The summed E-state index contributed by atoms with van der Waals surface area (Å²) >= 11 is 5.48. The largest absolute Gasteiger partial charge is 0.293 e. The molecule has 1 nitrogen and oxygen atoms in total. The van der Waals surface area contributed by atoms with Crippen LogP contribution in [0.15, 0.2) is 4.99 Å². The van der Waals surface area contributed by atoms with Crippen molar-refractivity contribution >= 4 is 17.3 Å². The van der Waals surface area contributed by atoms with Gasteiger partial charge in [-0.05, 0) is 12.8 Å². The maximum absolute atomic E-state index is 5.48. The standard InChI is InChI=1S/C5H8ClN/c6-4-5-2-1-3-7-5/h1-4H2. The van der Waals surface area contributed by atoms with Gasteiger partial charge in [0, 0.05) is 12.3 Å². The Morgan fingerprint density at radius 2 is 2.57 bits per heavy atom. The van der Waals surface area contributed by atoms with Crippen molar-refractivity contribution in [3.63, 3.8) is 0 Å². The number of aliphatic imine (C=N–C) groups is 1. The van der Waals surface area contributed by atoms with Crippen LogP contribution in [0.4, 0.5) is 0 Å². The quantitative estimate of drug-likeness (QED) is 0.461. The summed E-state index contributed by atoms with van der Waals surface area (Å²) in [6.07, 6.45) is 2.34. The van der Waals surface area contributed by atoms with Crippen LogP contribution in [-0.2, 0) is 0 Å². The minimum absolute atomic E-state index is 0.639. The molecule has 0 radical (unpaired) electrons. The molecule has 0 aromatic heterocycles. The Morgan fingerprint density at radius 3 is 2.86 bits per heavy atom. The van der Waals surface area contributed by atoms with Crippen molar-refractivity contribution in [3.05, 3.63) is 0 Å². The zero-order chi connectivity index (χ0) is 5.11. The highest BCUT2D eigenvalue weighted by Gasteiger charge is 2.01. The Balaban J connectivity index is 2.36. The molecule has 0 bridgehead atoms. The Hall–Kier alpha value is -0.0400. The predicted octanol–water partition coefficient (Wildman–Crippen LogP) is 1.46. The van der Waals surface area contributed by atoms with Crippen LogP contribution >= 0.6 is 11.6 Å². The molecular formula is C5H8ClN. The minimum atomic E-state index is 0.639. The van der Waals surface area contributed by atoms with E-state index in [4.69, 9.17) is 11.6 Å². The monoisotopic (exact) mass is 117 g/mol. The minimum Gasteiger partial charge on any atom is -0.293 e. The molecule has 0 aromatic rings. The van der Waals surface area contributed by atoms with Gasteiger partial charge in [0.2, 0.25) is 0 Å². The van der Waals surface area contributed by atoms with E-state index < -0.39 is 0 Å². The van der Waals surface area contributed by atoms with Gasteiger partial charge in [0.1, 0.15) is 0 Å². The summed E-state index contributed by atoms with van der Waals surface area (Å²) in [6.45, 7) is 1.00. The van der Waals surface area contributed by atoms with Gasteiger partial charge in [-0.15, -0.1) is 11.6 Å². The highest BCUT2D eigenvalue weighted by atomic mass is 35.5. The summed E-state index contributed by atoms with van der Waals surface area (Å²) in [6, 6.07) is 0. The molecule has 0 spiro atoms. The second kappa shape index (κ2) is 2.31. The molecule has 1 aliphatic rings. The third-order valence-corrected chi connectivity index (χ3v) is 1.42. The lowest BCUT2D eigenvalue weighted by molar-refractivity contribution is 0.951. The lowest BCUT2D eigenvalue weighted by Gasteiger charge is -1.84. The first-order valence-corrected chi connectivity index (χ1v) is 3.05. The molecule has 0 fully saturated rings. The van der Waals surface area contributed by atoms with Gasteiger partial charge in [-0.2, -0.15) is 0 Å². The van der Waals surface area contributed by atoms with Crippen LogP contribution in [0.1, 0.15) is 12.8 Å². The molecule has 0 N–H and O–H groups in total. The van der Waals surface area contributed by atoms with Crippen LogP contribution < -0.4 is 0 Å². The van der Waals surface area contributed by atoms with E-state index in [0.29, 0.717) is 5.88 Å². The Morgan fingerprint density at radius 1 is 1.71 bits per heavy atom. The van der Waals surface area contributed by atoms with Crippen molar-refractivity contribution in [2.75, 3.05) is 12.4 Å². The second-order valence-corrected chi connectivity index (χ2v) is 1.95. The number of hydrogen-bond acceptors (Lipinski definition) is 1. The fourth-order valence-corrected chi connectivity index (χ4v) is 0.927. The summed E-state index contributed by atoms with van der Waals surface area (Å²) in [5.41, 5.74) is 1.18. The lowest BCUT2D eigenvalue weighted by atomic mass is 10.3. The molecule has 0 saturated heterocycles. The van der Waals surface area contributed by atoms with Crippen molar-refractivity contribution in [2.45, 2.75) is 12.8 Å². The third-order valence-electron chi connectivity index (χ3n) is 1.11. The van der Waals surface area contributed by atoms with Gasteiger partial charge in [-0.3, -0.25) is 4.99 Å². The first kappa shape index (κ1) is 5.10. The molecule has 0 atom stereocenters. The molecule has 40 valence electrons. The highest BCUT2D eigenvalue weighted by Crippen LogP contribution is 2.03. The van der Waals surface area contributed by atoms with Crippen molar-refractivity contribution < 1.29 is 0 Å². The first-order valence-electron chi connectivity index (χ1n) is 2.51. The maximum Gasteiger partial charge on any atom is 0.0603 e. The van der Waals surface area contributed by atoms with E-state index in [1.165, 1.54) is 12.1 Å². The Labute approximate surface area is 48.4 Å². The highest BCUT2D eigenvalue weighted by molar-refractivity contribution is 6.28. The van der Waals surface area contributed by atoms with Gasteiger partial charge in [0.15, 0.2) is 0 Å². The second-order valence-electron chi connectivity index (χ2n) is 1.69. The number of hydrogen-bond donors (Lipinski definition) is 0. The summed E-state index contributed by atoms with van der Waals surface area (Å²) in [4.78, 5) is 4.14. The molecule has 2 heteroatoms. The molecule has 0 unspecified atom stereocenters. The molecule has 0 amide bonds. The van der Waals surface area contributed by atoms with Crippen LogP contribution in [0.2, 0.25) is 0 Å². The molecule has 7 heavy (non-hydrogen) atoms. The van der Waals surface area contributed by atoms with Crippen molar-refractivity contribution in [3.8, 4) is 0 Å². The van der Waals surface area contributed by atoms with Gasteiger partial charge in [-0.25, -0.2) is 0 Å². The molecular weight excluding hydrogens is 110 g/mol. The molecule has 1 aliphatic heterocycles. The van der Waals surface area contributed by atoms with Crippen molar-refractivity contribution in [2.24, 2.45) is 4.99 Å². The van der Waals surface area contributed by atoms with E-state index >= 15 is 0 Å². The van der Waals surface area contributed by atoms with Crippen LogP contribution in [0, 0.1) is 0 Å². The van der Waals surface area contributed by atoms with E-state index in [-0.39, 0.29) is 0 Å². The van der Waals surface area contributed by atoms with Gasteiger partial charge >= 0.3 is 0 Å². The zero-order valence-corrected chi connectivity index (χ0v) is 4.91. The molecule has 0 aliphatic carbocycles. The molecule has 0 saturated carbocycles. The molecule has 1 rings (SSSR count). The van der Waals surface area contributed by atoms with Crippen LogP contribution in [0.5, 0.6) is 0 Å². The Bertz CT molecular complexity index is 88.1. The van der Waals surface area contributed by atoms with Gasteiger partial charge < -0.3 is 0 Å². The van der Waals surface area contributed by atoms with E-state index in [1.54, 1.807) is 0 Å². The van der Waals surface area contributed by atoms with Crippen LogP contribution in [0.25, 0.3) is 0 Å². The topological polar surface area (TPSA) is 12.4 Å². The van der Waals surface area contributed by atoms with Gasteiger partial charge in [0.25, 0.3) is 0 Å². The van der Waals surface area contributed by atoms with Crippen molar-refractivity contribution in [1.82, 2.24) is 0 Å². The van der Waals surface area contributed by atoms with Crippen LogP contribution in [-0.4, -0.2) is 18.1 Å². The fourth-order valence-electron chi connectivity index (χ4n) is 0.708. The summed E-state index contributed by atoms with van der Waals surface area (Å²) in [5, 5.41) is 0. The summed E-state index contributed by atoms with van der Waals surface area (Å²) in [7, 11) is 0. The first-order chi connectivity index (χ1) is 3.43. The molecule has 0 aromatic carbocycles. The smallest absolute Gasteiger partial charge is 0.0603 e. The van der Waals surface area contributed by atoms with Crippen LogP contribution in [0.3, 0.4) is 0 Å². The molecule has 1 heterocycles. The fraction of sp³-hybridized carbons (Fsp3) is 0.800. The number of rotatable bonds is 1. The summed E-state index contributed by atoms with van der Waals surface area (Å²) in [5.74, 6) is 0.639. The van der Waals surface area contributed by atoms with E-state index in [1.807, 2.05) is 0 Å². The lowest BCUT2D eigenvalue weighted by Crippen LogP contribution is -1.91. The van der Waals surface area contributed by atoms with E-state index in [9.17, 15) is 0 Å². The predicted molar refractivity (Wildman–Crippen MR) is 32.3 cm³/mol. The zero-order valence-electron chi connectivity index (χ0n) is 4.15. The number of alkyl halides is 1. The summed E-state index contributed by atoms with van der Waals surface area (Å²) < 4.78 is 0. The Kier molecular flexibility index (Phi) is 1.69. The third kappa shape index (κ3) is 1.16. The van der Waals surface area contributed by atoms with Gasteiger partial charge in [-0.1, -0.05) is 0 Å². The average molecular weight is 118 g/mol. The normalized spacial score (nSPS) is 19.9. The van der Waals surface area contributed by atoms with Gasteiger partial charge in [0.05, 0.1) is 5.88 Å². The van der Waals surface area contributed by atoms with Crippen molar-refractivity contribution in [1.29, 1.82) is 0 Å². The number of nitrogens with zero attached hydrogens (tertiary/aromatic N) is 1. The number of halogens is 1. The average Bonchev–Trinajstić information content (AvgIpc) is 2.14. The van der Waals surface area contributed by atoms with E-state index in [2.05, 4.69) is 4.99 Å². The SMILES string of the molecule is ClCC1=NCCC1.